The Balaban J connectivity index is 2.41. The van der Waals surface area contributed by atoms with E-state index in [9.17, 15) is 15.0 Å². The largest absolute Gasteiger partial charge is 0.508 e. The van der Waals surface area contributed by atoms with Crippen LogP contribution < -0.4 is 0 Å². The minimum atomic E-state index is -0.915. The Labute approximate surface area is 104 Å². The molecule has 18 heavy (non-hydrogen) atoms. The van der Waals surface area contributed by atoms with E-state index in [1.54, 1.807) is 12.1 Å². The van der Waals surface area contributed by atoms with Crippen LogP contribution in [-0.4, -0.2) is 20.7 Å². The molecule has 3 rings (SSSR count). The number of benzene rings is 1. The molecule has 1 aliphatic rings. The second-order valence-corrected chi connectivity index (χ2v) is 4.78. The molecule has 0 radical (unpaired) electrons. The van der Waals surface area contributed by atoms with E-state index in [-0.39, 0.29) is 5.75 Å². The highest BCUT2D eigenvalue weighted by molar-refractivity contribution is 6.05. The first-order valence-electron chi connectivity index (χ1n) is 6.22. The maximum atomic E-state index is 11.5. The normalized spacial score (nSPS) is 15.2. The Bertz CT molecular complexity index is 638. The van der Waals surface area contributed by atoms with Crippen molar-refractivity contribution in [2.75, 3.05) is 0 Å². The Morgan fingerprint density at radius 1 is 1.44 bits per heavy atom. The van der Waals surface area contributed by atoms with Crippen molar-refractivity contribution in [3.05, 3.63) is 29.5 Å². The lowest BCUT2D eigenvalue weighted by Gasteiger charge is -2.07. The van der Waals surface area contributed by atoms with Crippen LogP contribution in [-0.2, 0) is 6.42 Å². The van der Waals surface area contributed by atoms with E-state index >= 15 is 0 Å². The monoisotopic (exact) mass is 245 g/mol. The van der Waals surface area contributed by atoms with Crippen LogP contribution in [0.5, 0.6) is 5.75 Å². The molecule has 94 valence electrons. The molecule has 0 unspecified atom stereocenters. The van der Waals surface area contributed by atoms with Crippen molar-refractivity contribution in [3.8, 4) is 5.75 Å². The summed E-state index contributed by atoms with van der Waals surface area (Å²) < 4.78 is 2.14. The van der Waals surface area contributed by atoms with E-state index in [2.05, 4.69) is 4.57 Å². The average Bonchev–Trinajstić information content (AvgIpc) is 3.10. The van der Waals surface area contributed by atoms with Gasteiger partial charge in [0.2, 0.25) is 0 Å². The van der Waals surface area contributed by atoms with Crippen molar-refractivity contribution in [2.24, 2.45) is 0 Å². The molecule has 0 saturated heterocycles. The second-order valence-electron chi connectivity index (χ2n) is 4.78. The number of aromatic hydroxyl groups is 1. The van der Waals surface area contributed by atoms with E-state index in [0.29, 0.717) is 23.4 Å². The van der Waals surface area contributed by atoms with Crippen molar-refractivity contribution < 1.29 is 15.0 Å². The fourth-order valence-corrected chi connectivity index (χ4v) is 2.69. The fraction of sp³-hybridized carbons (Fsp3) is 0.357. The molecule has 4 nitrogen and oxygen atoms in total. The third-order valence-corrected chi connectivity index (χ3v) is 3.55. The molecule has 4 heteroatoms. The standard InChI is InChI=1S/C14H15NO3/c1-2-11-13(14(17)18)10-7-9(16)5-6-12(10)15(11)8-3-4-8/h5-8,16H,2-4H2,1H3,(H,17,18). The number of phenols is 1. The predicted molar refractivity (Wildman–Crippen MR) is 68.2 cm³/mol. The minimum absolute atomic E-state index is 0.112. The Morgan fingerprint density at radius 2 is 2.17 bits per heavy atom. The summed E-state index contributed by atoms with van der Waals surface area (Å²) in [6.45, 7) is 1.97. The van der Waals surface area contributed by atoms with Crippen molar-refractivity contribution in [1.29, 1.82) is 0 Å². The van der Waals surface area contributed by atoms with Gasteiger partial charge in [-0.25, -0.2) is 4.79 Å². The summed E-state index contributed by atoms with van der Waals surface area (Å²) in [5.41, 5.74) is 2.13. The van der Waals surface area contributed by atoms with Crippen LogP contribution in [0, 0.1) is 0 Å². The molecular formula is C14H15NO3. The lowest BCUT2D eigenvalue weighted by Crippen LogP contribution is -2.04. The number of nitrogens with zero attached hydrogens (tertiary/aromatic N) is 1. The number of phenolic OH excluding ortho intramolecular Hbond substituents is 1. The predicted octanol–water partition coefficient (Wildman–Crippen LogP) is 2.94. The van der Waals surface area contributed by atoms with E-state index < -0.39 is 5.97 Å². The van der Waals surface area contributed by atoms with E-state index in [1.165, 1.54) is 0 Å². The summed E-state index contributed by atoms with van der Waals surface area (Å²) in [6.07, 6.45) is 2.90. The summed E-state index contributed by atoms with van der Waals surface area (Å²) in [7, 11) is 0. The van der Waals surface area contributed by atoms with Gasteiger partial charge in [0.15, 0.2) is 0 Å². The minimum Gasteiger partial charge on any atom is -0.508 e. The van der Waals surface area contributed by atoms with E-state index in [0.717, 1.165) is 24.1 Å². The zero-order chi connectivity index (χ0) is 12.9. The van der Waals surface area contributed by atoms with Crippen LogP contribution in [0.2, 0.25) is 0 Å². The molecule has 1 fully saturated rings. The van der Waals surface area contributed by atoms with Crippen LogP contribution in [0.3, 0.4) is 0 Å². The molecule has 1 heterocycles. The van der Waals surface area contributed by atoms with Gasteiger partial charge in [-0.2, -0.15) is 0 Å². The van der Waals surface area contributed by atoms with Crippen molar-refractivity contribution in [2.45, 2.75) is 32.2 Å². The van der Waals surface area contributed by atoms with Gasteiger partial charge in [-0.1, -0.05) is 6.92 Å². The molecule has 1 aromatic heterocycles. The number of carbonyl (C=O) groups is 1. The average molecular weight is 245 g/mol. The topological polar surface area (TPSA) is 62.5 Å². The van der Waals surface area contributed by atoms with Crippen LogP contribution in [0.1, 0.15) is 41.9 Å². The molecular weight excluding hydrogens is 230 g/mol. The number of aromatic carboxylic acids is 1. The first-order chi connectivity index (χ1) is 8.63. The van der Waals surface area contributed by atoms with Gasteiger partial charge in [0.1, 0.15) is 5.75 Å². The lowest BCUT2D eigenvalue weighted by atomic mass is 10.1. The SMILES string of the molecule is CCc1c(C(=O)O)c2cc(O)ccc2n1C1CC1. The van der Waals surface area contributed by atoms with E-state index in [4.69, 9.17) is 0 Å². The number of aromatic nitrogens is 1. The van der Waals surface area contributed by atoms with Crippen LogP contribution in [0.4, 0.5) is 0 Å². The molecule has 1 saturated carbocycles. The summed E-state index contributed by atoms with van der Waals surface area (Å²) in [6, 6.07) is 5.41. The van der Waals surface area contributed by atoms with Gasteiger partial charge < -0.3 is 14.8 Å². The quantitative estimate of drug-likeness (QED) is 0.873. The van der Waals surface area contributed by atoms with Crippen molar-refractivity contribution in [1.82, 2.24) is 4.57 Å². The lowest BCUT2D eigenvalue weighted by molar-refractivity contribution is 0.0697. The van der Waals surface area contributed by atoms with Crippen molar-refractivity contribution in [3.63, 3.8) is 0 Å². The molecule has 0 atom stereocenters. The third kappa shape index (κ3) is 1.49. The smallest absolute Gasteiger partial charge is 0.338 e. The summed E-state index contributed by atoms with van der Waals surface area (Å²) in [5.74, 6) is -0.803. The summed E-state index contributed by atoms with van der Waals surface area (Å²) >= 11 is 0. The highest BCUT2D eigenvalue weighted by Gasteiger charge is 2.30. The molecule has 0 bridgehead atoms. The van der Waals surface area contributed by atoms with Gasteiger partial charge in [-0.05, 0) is 37.5 Å². The van der Waals surface area contributed by atoms with Gasteiger partial charge in [0, 0.05) is 22.6 Å². The maximum absolute atomic E-state index is 11.5. The fourth-order valence-electron chi connectivity index (χ4n) is 2.69. The number of hydrogen-bond donors (Lipinski definition) is 2. The molecule has 1 aliphatic carbocycles. The van der Waals surface area contributed by atoms with Gasteiger partial charge in [0.25, 0.3) is 0 Å². The number of hydrogen-bond acceptors (Lipinski definition) is 2. The van der Waals surface area contributed by atoms with Crippen LogP contribution >= 0.6 is 0 Å². The Morgan fingerprint density at radius 3 is 2.72 bits per heavy atom. The van der Waals surface area contributed by atoms with Gasteiger partial charge in [-0.3, -0.25) is 0 Å². The second kappa shape index (κ2) is 3.77. The number of fused-ring (bicyclic) bond motifs is 1. The zero-order valence-corrected chi connectivity index (χ0v) is 10.2. The van der Waals surface area contributed by atoms with Gasteiger partial charge in [0.05, 0.1) is 5.56 Å². The number of carboxylic acids is 1. The van der Waals surface area contributed by atoms with Gasteiger partial charge >= 0.3 is 5.97 Å². The van der Waals surface area contributed by atoms with Crippen LogP contribution in [0.25, 0.3) is 10.9 Å². The van der Waals surface area contributed by atoms with E-state index in [1.807, 2.05) is 13.0 Å². The molecule has 2 N–H and O–H groups in total. The number of carboxylic acid groups (broad SMARTS) is 1. The highest BCUT2D eigenvalue weighted by atomic mass is 16.4. The highest BCUT2D eigenvalue weighted by Crippen LogP contribution is 2.42. The zero-order valence-electron chi connectivity index (χ0n) is 10.2. The first kappa shape index (κ1) is 11.1. The maximum Gasteiger partial charge on any atom is 0.338 e. The molecule has 0 spiro atoms. The van der Waals surface area contributed by atoms with Gasteiger partial charge in [-0.15, -0.1) is 0 Å². The Kier molecular flexibility index (Phi) is 2.33. The number of rotatable bonds is 3. The molecule has 0 amide bonds. The summed E-state index contributed by atoms with van der Waals surface area (Å²) in [4.78, 5) is 11.5. The Hall–Kier alpha value is -1.97. The molecule has 2 aromatic rings. The first-order valence-corrected chi connectivity index (χ1v) is 6.22. The van der Waals surface area contributed by atoms with Crippen molar-refractivity contribution >= 4 is 16.9 Å². The molecule has 0 aliphatic heterocycles. The third-order valence-electron chi connectivity index (χ3n) is 3.55. The summed E-state index contributed by atoms with van der Waals surface area (Å²) in [5, 5.41) is 19.6. The van der Waals surface area contributed by atoms with Crippen LogP contribution in [0.15, 0.2) is 18.2 Å². The molecule has 1 aromatic carbocycles.